The molecule has 3 saturated carbocycles. The summed E-state index contributed by atoms with van der Waals surface area (Å²) in [4.78, 5) is 26.9. The average Bonchev–Trinajstić information content (AvgIpc) is 3.45. The zero-order valence-electron chi connectivity index (χ0n) is 12.9. The number of carbonyl (C=O) groups excluding carboxylic acids is 2. The van der Waals surface area contributed by atoms with Gasteiger partial charge in [-0.25, -0.2) is 0 Å². The van der Waals surface area contributed by atoms with Gasteiger partial charge in [0.2, 0.25) is 11.8 Å². The molecule has 0 aromatic rings. The van der Waals surface area contributed by atoms with Crippen LogP contribution in [0.2, 0.25) is 0 Å². The Hall–Kier alpha value is -1.10. The van der Waals surface area contributed by atoms with Gasteiger partial charge in [0.1, 0.15) is 0 Å². The number of hydrogen-bond acceptors (Lipinski definition) is 3. The number of nitrogens with zero attached hydrogens (tertiary/aromatic N) is 1. The first-order valence-electron chi connectivity index (χ1n) is 8.82. The molecular formula is C17H24N2O3. The lowest BCUT2D eigenvalue weighted by Gasteiger charge is -2.18. The van der Waals surface area contributed by atoms with Crippen molar-refractivity contribution in [3.8, 4) is 0 Å². The number of nitrogens with one attached hydrogen (secondary N) is 1. The van der Waals surface area contributed by atoms with Crippen LogP contribution in [0.4, 0.5) is 0 Å². The molecule has 2 aliphatic heterocycles. The van der Waals surface area contributed by atoms with Crippen molar-refractivity contribution in [1.82, 2.24) is 10.2 Å². The third-order valence-corrected chi connectivity index (χ3v) is 6.70. The Kier molecular flexibility index (Phi) is 2.71. The van der Waals surface area contributed by atoms with Crippen LogP contribution >= 0.6 is 0 Å². The van der Waals surface area contributed by atoms with E-state index >= 15 is 0 Å². The first kappa shape index (κ1) is 13.3. The third-order valence-electron chi connectivity index (χ3n) is 6.70. The fourth-order valence-electron chi connectivity index (χ4n) is 4.76. The molecule has 5 fully saturated rings. The molecule has 1 N–H and O–H groups in total. The summed E-state index contributed by atoms with van der Waals surface area (Å²) >= 11 is 0. The van der Waals surface area contributed by atoms with Gasteiger partial charge < -0.3 is 15.0 Å². The lowest BCUT2D eigenvalue weighted by molar-refractivity contribution is -0.133. The summed E-state index contributed by atoms with van der Waals surface area (Å²) in [6.07, 6.45) is 4.53. The molecule has 0 aromatic heterocycles. The molecule has 5 nitrogen and oxygen atoms in total. The highest BCUT2D eigenvalue weighted by atomic mass is 16.5. The van der Waals surface area contributed by atoms with Gasteiger partial charge in [-0.15, -0.1) is 0 Å². The van der Waals surface area contributed by atoms with E-state index in [1.807, 2.05) is 4.90 Å². The van der Waals surface area contributed by atoms with Gasteiger partial charge >= 0.3 is 0 Å². The van der Waals surface area contributed by atoms with Crippen LogP contribution in [0.1, 0.15) is 25.7 Å². The minimum absolute atomic E-state index is 0.115. The van der Waals surface area contributed by atoms with E-state index in [9.17, 15) is 9.59 Å². The first-order chi connectivity index (χ1) is 10.7. The minimum atomic E-state index is 0.115. The normalized spacial score (nSPS) is 45.0. The molecule has 3 aliphatic carbocycles. The van der Waals surface area contributed by atoms with E-state index in [2.05, 4.69) is 5.32 Å². The quantitative estimate of drug-likeness (QED) is 0.829. The molecule has 2 amide bonds. The second kappa shape index (κ2) is 4.47. The van der Waals surface area contributed by atoms with Crippen LogP contribution in [-0.2, 0) is 14.3 Å². The number of hydrogen-bond donors (Lipinski definition) is 1. The molecule has 1 spiro atoms. The summed E-state index contributed by atoms with van der Waals surface area (Å²) < 4.78 is 5.38. The molecule has 0 bridgehead atoms. The van der Waals surface area contributed by atoms with E-state index in [4.69, 9.17) is 4.74 Å². The Morgan fingerprint density at radius 3 is 2.73 bits per heavy atom. The molecule has 2 heterocycles. The highest BCUT2D eigenvalue weighted by Crippen LogP contribution is 2.60. The zero-order valence-corrected chi connectivity index (χ0v) is 12.9. The van der Waals surface area contributed by atoms with Crippen LogP contribution in [0.3, 0.4) is 0 Å². The van der Waals surface area contributed by atoms with Gasteiger partial charge in [0.15, 0.2) is 0 Å². The van der Waals surface area contributed by atoms with Gasteiger partial charge in [0, 0.05) is 36.9 Å². The maximum Gasteiger partial charge on any atom is 0.226 e. The van der Waals surface area contributed by atoms with Crippen LogP contribution in [0, 0.1) is 35.0 Å². The standard InChI is InChI=1S/C17H24N2O3/c20-15(18-6-10-1-2-10)13-5-17(13)3-4-19(9-17)16(21)14-11-7-22-8-12(11)14/h10-14H,1-9H2,(H,18,20)/t11-,12+,13?,14?,17?. The summed E-state index contributed by atoms with van der Waals surface area (Å²) in [6.45, 7) is 4.06. The Balaban J connectivity index is 1.16. The van der Waals surface area contributed by atoms with Crippen molar-refractivity contribution in [2.24, 2.45) is 35.0 Å². The van der Waals surface area contributed by atoms with Crippen LogP contribution in [0.25, 0.3) is 0 Å². The molecule has 3 unspecified atom stereocenters. The van der Waals surface area contributed by atoms with Crippen molar-refractivity contribution < 1.29 is 14.3 Å². The second-order valence-electron chi connectivity index (χ2n) is 8.21. The number of carbonyl (C=O) groups is 2. The Labute approximate surface area is 130 Å². The Bertz CT molecular complexity index is 522. The molecule has 5 rings (SSSR count). The van der Waals surface area contributed by atoms with E-state index in [-0.39, 0.29) is 23.2 Å². The fourth-order valence-corrected chi connectivity index (χ4v) is 4.76. The highest BCUT2D eigenvalue weighted by molar-refractivity contribution is 5.85. The van der Waals surface area contributed by atoms with E-state index < -0.39 is 0 Å². The van der Waals surface area contributed by atoms with Crippen molar-refractivity contribution in [1.29, 1.82) is 0 Å². The predicted octanol–water partition coefficient (Wildman–Crippen LogP) is 0.644. The second-order valence-corrected chi connectivity index (χ2v) is 8.21. The molecule has 120 valence electrons. The highest BCUT2D eigenvalue weighted by Gasteiger charge is 2.64. The van der Waals surface area contributed by atoms with Gasteiger partial charge in [-0.1, -0.05) is 0 Å². The van der Waals surface area contributed by atoms with Crippen LogP contribution in [0.5, 0.6) is 0 Å². The maximum absolute atomic E-state index is 12.6. The first-order valence-corrected chi connectivity index (χ1v) is 8.82. The van der Waals surface area contributed by atoms with E-state index in [1.165, 1.54) is 12.8 Å². The van der Waals surface area contributed by atoms with E-state index in [0.717, 1.165) is 51.6 Å². The van der Waals surface area contributed by atoms with Crippen LogP contribution in [-0.4, -0.2) is 49.6 Å². The largest absolute Gasteiger partial charge is 0.381 e. The molecule has 5 heteroatoms. The molecule has 5 aliphatic rings. The van der Waals surface area contributed by atoms with Crippen LogP contribution in [0.15, 0.2) is 0 Å². The van der Waals surface area contributed by atoms with Crippen molar-refractivity contribution in [3.63, 3.8) is 0 Å². The van der Waals surface area contributed by atoms with Crippen LogP contribution < -0.4 is 5.32 Å². The number of ether oxygens (including phenoxy) is 1. The SMILES string of the molecule is O=C(NCC1CC1)C1CC12CCN(C(=O)C1[C@H]3COC[C@@H]13)C2. The van der Waals surface area contributed by atoms with Crippen molar-refractivity contribution in [2.45, 2.75) is 25.7 Å². The Morgan fingerprint density at radius 2 is 2.00 bits per heavy atom. The average molecular weight is 304 g/mol. The van der Waals surface area contributed by atoms with Crippen molar-refractivity contribution in [3.05, 3.63) is 0 Å². The van der Waals surface area contributed by atoms with Crippen molar-refractivity contribution in [2.75, 3.05) is 32.8 Å². The van der Waals surface area contributed by atoms with E-state index in [1.54, 1.807) is 0 Å². The molecule has 0 aromatic carbocycles. The van der Waals surface area contributed by atoms with E-state index in [0.29, 0.717) is 17.7 Å². The van der Waals surface area contributed by atoms with Gasteiger partial charge in [-0.2, -0.15) is 0 Å². The smallest absolute Gasteiger partial charge is 0.226 e. The molecular weight excluding hydrogens is 280 g/mol. The topological polar surface area (TPSA) is 58.6 Å². The maximum atomic E-state index is 12.6. The lowest BCUT2D eigenvalue weighted by atomic mass is 10.0. The van der Waals surface area contributed by atoms with Gasteiger partial charge in [0.25, 0.3) is 0 Å². The summed E-state index contributed by atoms with van der Waals surface area (Å²) in [5.74, 6) is 2.66. The van der Waals surface area contributed by atoms with Gasteiger partial charge in [-0.05, 0) is 43.4 Å². The number of fused-ring (bicyclic) bond motifs is 1. The fraction of sp³-hybridized carbons (Fsp3) is 0.882. The van der Waals surface area contributed by atoms with Gasteiger partial charge in [0.05, 0.1) is 13.2 Å². The Morgan fingerprint density at radius 1 is 1.23 bits per heavy atom. The number of rotatable bonds is 4. The minimum Gasteiger partial charge on any atom is -0.381 e. The van der Waals surface area contributed by atoms with Gasteiger partial charge in [-0.3, -0.25) is 9.59 Å². The predicted molar refractivity (Wildman–Crippen MR) is 78.8 cm³/mol. The zero-order chi connectivity index (χ0) is 14.9. The van der Waals surface area contributed by atoms with Crippen molar-refractivity contribution >= 4 is 11.8 Å². The molecule has 5 atom stereocenters. The lowest BCUT2D eigenvalue weighted by Crippen LogP contribution is -2.33. The number of likely N-dealkylation sites (tertiary alicyclic amines) is 1. The summed E-state index contributed by atoms with van der Waals surface area (Å²) in [5, 5.41) is 3.11. The monoisotopic (exact) mass is 304 g/mol. The molecule has 22 heavy (non-hydrogen) atoms. The summed E-state index contributed by atoms with van der Waals surface area (Å²) in [6, 6.07) is 0. The summed E-state index contributed by atoms with van der Waals surface area (Å²) in [5.41, 5.74) is 0.115. The summed E-state index contributed by atoms with van der Waals surface area (Å²) in [7, 11) is 0. The number of amides is 2. The third kappa shape index (κ3) is 2.01. The molecule has 0 radical (unpaired) electrons. The molecule has 2 saturated heterocycles.